The Morgan fingerprint density at radius 1 is 1.15 bits per heavy atom. The number of rotatable bonds is 5. The zero-order valence-corrected chi connectivity index (χ0v) is 16.6. The topological polar surface area (TPSA) is 59.2 Å². The van der Waals surface area contributed by atoms with Crippen molar-refractivity contribution in [3.8, 4) is 10.8 Å². The SMILES string of the molecule is CN(C(=O)CSc1nnc(-c2sc3ccccc3c2Cl)o1)c1ccccc1. The lowest BCUT2D eigenvalue weighted by molar-refractivity contribution is -0.115. The summed E-state index contributed by atoms with van der Waals surface area (Å²) >= 11 is 9.17. The molecule has 0 saturated heterocycles. The number of hydrogen-bond donors (Lipinski definition) is 0. The summed E-state index contributed by atoms with van der Waals surface area (Å²) in [4.78, 5) is 14.7. The van der Waals surface area contributed by atoms with Crippen LogP contribution in [0.3, 0.4) is 0 Å². The molecule has 8 heteroatoms. The standard InChI is InChI=1S/C19H14ClN3O2S2/c1-23(12-7-3-2-4-8-12)15(24)11-26-19-22-21-18(25-19)17-16(20)13-9-5-6-10-14(13)27-17/h2-10H,11H2,1H3. The van der Waals surface area contributed by atoms with E-state index in [-0.39, 0.29) is 11.7 Å². The van der Waals surface area contributed by atoms with Gasteiger partial charge in [-0.3, -0.25) is 4.79 Å². The van der Waals surface area contributed by atoms with E-state index in [4.69, 9.17) is 16.0 Å². The maximum Gasteiger partial charge on any atom is 0.277 e. The number of anilines is 1. The first-order chi connectivity index (χ1) is 13.1. The quantitative estimate of drug-likeness (QED) is 0.410. The molecule has 27 heavy (non-hydrogen) atoms. The summed E-state index contributed by atoms with van der Waals surface area (Å²) in [5, 5.41) is 10.0. The fourth-order valence-corrected chi connectivity index (χ4v) is 4.64. The van der Waals surface area contributed by atoms with Crippen LogP contribution in [-0.2, 0) is 4.79 Å². The number of amides is 1. The highest BCUT2D eigenvalue weighted by Crippen LogP contribution is 2.41. The molecule has 0 atom stereocenters. The first-order valence-corrected chi connectivity index (χ1v) is 10.3. The van der Waals surface area contributed by atoms with E-state index >= 15 is 0 Å². The van der Waals surface area contributed by atoms with Crippen LogP contribution in [0.15, 0.2) is 64.2 Å². The van der Waals surface area contributed by atoms with Crippen molar-refractivity contribution in [3.63, 3.8) is 0 Å². The third-order valence-electron chi connectivity index (χ3n) is 3.97. The van der Waals surface area contributed by atoms with Gasteiger partial charge < -0.3 is 9.32 Å². The van der Waals surface area contributed by atoms with Crippen molar-refractivity contribution in [3.05, 3.63) is 59.6 Å². The first kappa shape index (κ1) is 18.0. The monoisotopic (exact) mass is 415 g/mol. The average Bonchev–Trinajstić information content (AvgIpc) is 3.31. The fraction of sp³-hybridized carbons (Fsp3) is 0.105. The molecule has 0 unspecified atom stereocenters. The minimum atomic E-state index is -0.0501. The van der Waals surface area contributed by atoms with Gasteiger partial charge in [-0.25, -0.2) is 0 Å². The summed E-state index contributed by atoms with van der Waals surface area (Å²) in [6, 6.07) is 17.3. The molecule has 4 rings (SSSR count). The third-order valence-corrected chi connectivity index (χ3v) is 6.44. The molecule has 0 aliphatic rings. The van der Waals surface area contributed by atoms with Crippen molar-refractivity contribution in [2.75, 3.05) is 17.7 Å². The molecule has 0 aliphatic carbocycles. The second-order valence-electron chi connectivity index (χ2n) is 5.69. The molecule has 2 aromatic carbocycles. The zero-order valence-electron chi connectivity index (χ0n) is 14.3. The van der Waals surface area contributed by atoms with Gasteiger partial charge in [0.2, 0.25) is 5.91 Å². The second-order valence-corrected chi connectivity index (χ2v) is 8.05. The molecule has 0 saturated carbocycles. The van der Waals surface area contributed by atoms with E-state index in [2.05, 4.69) is 10.2 Å². The van der Waals surface area contributed by atoms with Gasteiger partial charge in [-0.15, -0.1) is 21.5 Å². The Balaban J connectivity index is 1.46. The van der Waals surface area contributed by atoms with Crippen molar-refractivity contribution >= 4 is 56.4 Å². The van der Waals surface area contributed by atoms with Crippen LogP contribution in [-0.4, -0.2) is 28.9 Å². The molecule has 0 radical (unpaired) electrons. The second kappa shape index (κ2) is 7.72. The molecule has 0 bridgehead atoms. The van der Waals surface area contributed by atoms with E-state index < -0.39 is 0 Å². The number of halogens is 1. The van der Waals surface area contributed by atoms with Gasteiger partial charge in [0.05, 0.1) is 10.8 Å². The van der Waals surface area contributed by atoms with E-state index in [1.807, 2.05) is 54.6 Å². The van der Waals surface area contributed by atoms with Crippen molar-refractivity contribution in [1.82, 2.24) is 10.2 Å². The molecule has 0 aliphatic heterocycles. The number of thiophene rings is 1. The highest BCUT2D eigenvalue weighted by Gasteiger charge is 2.19. The Kier molecular flexibility index (Phi) is 5.15. The summed E-state index contributed by atoms with van der Waals surface area (Å²) in [5.41, 5.74) is 0.839. The van der Waals surface area contributed by atoms with E-state index in [0.717, 1.165) is 20.7 Å². The molecular weight excluding hydrogens is 402 g/mol. The van der Waals surface area contributed by atoms with Crippen LogP contribution in [0.1, 0.15) is 0 Å². The number of benzene rings is 2. The van der Waals surface area contributed by atoms with E-state index in [1.165, 1.54) is 23.1 Å². The van der Waals surface area contributed by atoms with Gasteiger partial charge in [0.15, 0.2) is 0 Å². The maximum atomic E-state index is 12.4. The molecule has 2 heterocycles. The number of aromatic nitrogens is 2. The van der Waals surface area contributed by atoms with Gasteiger partial charge in [0, 0.05) is 22.8 Å². The lowest BCUT2D eigenvalue weighted by Gasteiger charge is -2.16. The summed E-state index contributed by atoms with van der Waals surface area (Å²) in [6.45, 7) is 0. The number of carbonyl (C=O) groups is 1. The fourth-order valence-electron chi connectivity index (χ4n) is 2.53. The maximum absolute atomic E-state index is 12.4. The molecule has 0 spiro atoms. The van der Waals surface area contributed by atoms with Gasteiger partial charge in [-0.05, 0) is 18.2 Å². The van der Waals surface area contributed by atoms with Crippen LogP contribution in [0, 0.1) is 0 Å². The predicted molar refractivity (Wildman–Crippen MR) is 111 cm³/mol. The highest BCUT2D eigenvalue weighted by atomic mass is 35.5. The van der Waals surface area contributed by atoms with Gasteiger partial charge in [0.1, 0.15) is 4.88 Å². The number of carbonyl (C=O) groups excluding carboxylic acids is 1. The third kappa shape index (κ3) is 3.71. The number of fused-ring (bicyclic) bond motifs is 1. The van der Waals surface area contributed by atoms with E-state index in [0.29, 0.717) is 16.1 Å². The molecule has 136 valence electrons. The van der Waals surface area contributed by atoms with E-state index in [1.54, 1.807) is 11.9 Å². The van der Waals surface area contributed by atoms with Crippen LogP contribution in [0.4, 0.5) is 5.69 Å². The van der Waals surface area contributed by atoms with Crippen molar-refractivity contribution in [2.24, 2.45) is 0 Å². The van der Waals surface area contributed by atoms with Crippen LogP contribution < -0.4 is 4.90 Å². The molecule has 4 aromatic rings. The Hall–Kier alpha value is -2.35. The molecule has 1 amide bonds. The zero-order chi connectivity index (χ0) is 18.8. The number of para-hydroxylation sites is 1. The minimum Gasteiger partial charge on any atom is -0.410 e. The Morgan fingerprint density at radius 2 is 1.89 bits per heavy atom. The van der Waals surface area contributed by atoms with Gasteiger partial charge in [0.25, 0.3) is 11.1 Å². The summed E-state index contributed by atoms with van der Waals surface area (Å²) in [5.74, 6) is 0.520. The number of hydrogen-bond acceptors (Lipinski definition) is 6. The normalized spacial score (nSPS) is 11.0. The van der Waals surface area contributed by atoms with Gasteiger partial charge in [-0.1, -0.05) is 59.8 Å². The summed E-state index contributed by atoms with van der Waals surface area (Å²) < 4.78 is 6.77. The Labute approximate surface area is 169 Å². The van der Waals surface area contributed by atoms with Crippen LogP contribution in [0.2, 0.25) is 5.02 Å². The average molecular weight is 416 g/mol. The van der Waals surface area contributed by atoms with Crippen molar-refractivity contribution < 1.29 is 9.21 Å². The van der Waals surface area contributed by atoms with Gasteiger partial charge >= 0.3 is 0 Å². The molecule has 0 fully saturated rings. The van der Waals surface area contributed by atoms with Crippen LogP contribution in [0.5, 0.6) is 0 Å². The largest absolute Gasteiger partial charge is 0.410 e. The van der Waals surface area contributed by atoms with Crippen molar-refractivity contribution in [2.45, 2.75) is 5.22 Å². The minimum absolute atomic E-state index is 0.0501. The molecule has 2 aromatic heterocycles. The lowest BCUT2D eigenvalue weighted by atomic mass is 10.2. The predicted octanol–water partition coefficient (Wildman–Crippen LogP) is 5.36. The van der Waals surface area contributed by atoms with E-state index in [9.17, 15) is 4.79 Å². The Bertz CT molecular complexity index is 1090. The molecule has 5 nitrogen and oxygen atoms in total. The molecule has 0 N–H and O–H groups in total. The lowest BCUT2D eigenvalue weighted by Crippen LogP contribution is -2.27. The number of nitrogens with zero attached hydrogens (tertiary/aromatic N) is 3. The molecular formula is C19H14ClN3O2S2. The first-order valence-electron chi connectivity index (χ1n) is 8.09. The number of thioether (sulfide) groups is 1. The Morgan fingerprint density at radius 3 is 2.67 bits per heavy atom. The van der Waals surface area contributed by atoms with Crippen LogP contribution in [0.25, 0.3) is 20.9 Å². The summed E-state index contributed by atoms with van der Waals surface area (Å²) in [7, 11) is 1.74. The smallest absolute Gasteiger partial charge is 0.277 e. The van der Waals surface area contributed by atoms with Crippen LogP contribution >= 0.6 is 34.7 Å². The van der Waals surface area contributed by atoms with Crippen molar-refractivity contribution in [1.29, 1.82) is 0 Å². The summed E-state index contributed by atoms with van der Waals surface area (Å²) in [6.07, 6.45) is 0. The highest BCUT2D eigenvalue weighted by molar-refractivity contribution is 7.99. The van der Waals surface area contributed by atoms with Gasteiger partial charge in [-0.2, -0.15) is 0 Å².